The maximum atomic E-state index is 11.3. The quantitative estimate of drug-likeness (QED) is 0.738. The molecule has 1 amide bonds. The van der Waals surface area contributed by atoms with E-state index in [2.05, 4.69) is 19.2 Å². The molecule has 0 radical (unpaired) electrons. The molecule has 0 aromatic heterocycles. The summed E-state index contributed by atoms with van der Waals surface area (Å²) in [7, 11) is 0. The Morgan fingerprint density at radius 3 is 2.33 bits per heavy atom. The Balaban J connectivity index is 2.94. The molecule has 1 aliphatic heterocycles. The fourth-order valence-electron chi connectivity index (χ4n) is 2.27. The van der Waals surface area contributed by atoms with Gasteiger partial charge in [0.05, 0.1) is 5.54 Å². The molecule has 2 N–H and O–H groups in total. The number of hydrogen-bond donors (Lipinski definition) is 2. The second-order valence-corrected chi connectivity index (χ2v) is 5.04. The van der Waals surface area contributed by atoms with Gasteiger partial charge in [-0.3, -0.25) is 4.90 Å². The van der Waals surface area contributed by atoms with Gasteiger partial charge in [0.2, 0.25) is 0 Å². The van der Waals surface area contributed by atoms with Crippen molar-refractivity contribution in [3.8, 4) is 0 Å². The summed E-state index contributed by atoms with van der Waals surface area (Å²) >= 11 is 0. The zero-order chi connectivity index (χ0) is 11.7. The van der Waals surface area contributed by atoms with E-state index in [1.807, 2.05) is 13.8 Å². The van der Waals surface area contributed by atoms with Crippen LogP contribution in [0.5, 0.6) is 0 Å². The van der Waals surface area contributed by atoms with Crippen LogP contribution in [-0.4, -0.2) is 40.3 Å². The molecule has 1 aliphatic rings. The molecule has 0 saturated carbocycles. The van der Waals surface area contributed by atoms with Crippen LogP contribution in [0.2, 0.25) is 0 Å². The lowest BCUT2D eigenvalue weighted by atomic mass is 9.84. The molecule has 0 unspecified atom stereocenters. The second-order valence-electron chi connectivity index (χ2n) is 5.04. The van der Waals surface area contributed by atoms with Gasteiger partial charge >= 0.3 is 6.09 Å². The molecule has 1 heterocycles. The molecule has 0 spiro atoms. The van der Waals surface area contributed by atoms with Crippen LogP contribution < -0.4 is 5.32 Å². The molecule has 0 bridgehead atoms. The van der Waals surface area contributed by atoms with E-state index in [4.69, 9.17) is 0 Å². The lowest BCUT2D eigenvalue weighted by Crippen LogP contribution is -2.69. The first-order chi connectivity index (χ1) is 6.87. The van der Waals surface area contributed by atoms with Crippen LogP contribution in [-0.2, 0) is 0 Å². The van der Waals surface area contributed by atoms with Gasteiger partial charge in [0.25, 0.3) is 0 Å². The topological polar surface area (TPSA) is 52.6 Å². The lowest BCUT2D eigenvalue weighted by molar-refractivity contribution is 0.0174. The average molecular weight is 214 g/mol. The summed E-state index contributed by atoms with van der Waals surface area (Å²) in [6.07, 6.45) is 0.922. The van der Waals surface area contributed by atoms with Gasteiger partial charge in [-0.1, -0.05) is 13.8 Å². The Hall–Kier alpha value is -0.770. The van der Waals surface area contributed by atoms with Gasteiger partial charge < -0.3 is 10.4 Å². The van der Waals surface area contributed by atoms with E-state index in [-0.39, 0.29) is 11.1 Å². The second kappa shape index (κ2) is 4.00. The summed E-state index contributed by atoms with van der Waals surface area (Å²) in [5, 5.41) is 12.7. The Kier molecular flexibility index (Phi) is 3.28. The normalized spacial score (nSPS) is 23.9. The Bertz CT molecular complexity index is 247. The molecule has 1 saturated heterocycles. The summed E-state index contributed by atoms with van der Waals surface area (Å²) in [6.45, 7) is 9.50. The van der Waals surface area contributed by atoms with Crippen LogP contribution in [0, 0.1) is 0 Å². The Morgan fingerprint density at radius 2 is 1.93 bits per heavy atom. The minimum absolute atomic E-state index is 0.119. The molecular formula is C11H22N2O2. The highest BCUT2D eigenvalue weighted by molar-refractivity contribution is 5.66. The van der Waals surface area contributed by atoms with Gasteiger partial charge in [0.1, 0.15) is 0 Å². The predicted octanol–water partition coefficient (Wildman–Crippen LogP) is 1.91. The number of amides is 1. The van der Waals surface area contributed by atoms with E-state index in [1.165, 1.54) is 0 Å². The van der Waals surface area contributed by atoms with Gasteiger partial charge in [-0.25, -0.2) is 4.79 Å². The third kappa shape index (κ3) is 2.25. The molecule has 15 heavy (non-hydrogen) atoms. The molecule has 1 fully saturated rings. The molecule has 4 nitrogen and oxygen atoms in total. The first-order valence-corrected chi connectivity index (χ1v) is 5.62. The maximum Gasteiger partial charge on any atom is 0.407 e. The SMILES string of the molecule is CCC1(CC)CNC(C)(C)CN1C(=O)O. The predicted molar refractivity (Wildman–Crippen MR) is 60.1 cm³/mol. The van der Waals surface area contributed by atoms with Crippen molar-refractivity contribution in [1.29, 1.82) is 0 Å². The highest BCUT2D eigenvalue weighted by Gasteiger charge is 2.44. The molecule has 88 valence electrons. The number of nitrogens with one attached hydrogen (secondary N) is 1. The van der Waals surface area contributed by atoms with Crippen LogP contribution in [0.1, 0.15) is 40.5 Å². The van der Waals surface area contributed by atoms with Gasteiger partial charge in [0.15, 0.2) is 0 Å². The summed E-state index contributed by atoms with van der Waals surface area (Å²) < 4.78 is 0. The first-order valence-electron chi connectivity index (χ1n) is 5.62. The van der Waals surface area contributed by atoms with Crippen LogP contribution >= 0.6 is 0 Å². The van der Waals surface area contributed by atoms with Crippen LogP contribution in [0.3, 0.4) is 0 Å². The van der Waals surface area contributed by atoms with E-state index >= 15 is 0 Å². The Labute approximate surface area is 91.6 Å². The summed E-state index contributed by atoms with van der Waals surface area (Å²) in [5.41, 5.74) is -0.340. The first kappa shape index (κ1) is 12.3. The van der Waals surface area contributed by atoms with E-state index in [0.29, 0.717) is 6.54 Å². The molecule has 1 rings (SSSR count). The number of hydrogen-bond acceptors (Lipinski definition) is 2. The molecule has 0 atom stereocenters. The van der Waals surface area contributed by atoms with E-state index < -0.39 is 6.09 Å². The van der Waals surface area contributed by atoms with E-state index in [9.17, 15) is 9.90 Å². The van der Waals surface area contributed by atoms with Crippen molar-refractivity contribution in [1.82, 2.24) is 10.2 Å². The molecule has 4 heteroatoms. The fourth-order valence-corrected chi connectivity index (χ4v) is 2.27. The van der Waals surface area contributed by atoms with Crippen LogP contribution in [0.15, 0.2) is 0 Å². The number of rotatable bonds is 2. The van der Waals surface area contributed by atoms with Crippen molar-refractivity contribution in [2.45, 2.75) is 51.6 Å². The standard InChI is InChI=1S/C11H22N2O2/c1-5-11(6-2)7-12-10(3,4)8-13(11)9(14)15/h12H,5-8H2,1-4H3,(H,14,15). The number of carboxylic acid groups (broad SMARTS) is 1. The molecule has 0 aromatic rings. The van der Waals surface area contributed by atoms with Gasteiger partial charge in [-0.15, -0.1) is 0 Å². The third-order valence-corrected chi connectivity index (χ3v) is 3.57. The van der Waals surface area contributed by atoms with Gasteiger partial charge in [-0.2, -0.15) is 0 Å². The summed E-state index contributed by atoms with van der Waals surface area (Å²) in [5.74, 6) is 0. The minimum atomic E-state index is -0.798. The van der Waals surface area contributed by atoms with E-state index in [1.54, 1.807) is 4.90 Å². The molecular weight excluding hydrogens is 192 g/mol. The highest BCUT2D eigenvalue weighted by atomic mass is 16.4. The lowest BCUT2D eigenvalue weighted by Gasteiger charge is -2.51. The zero-order valence-electron chi connectivity index (χ0n) is 10.1. The maximum absolute atomic E-state index is 11.3. The molecule has 0 aliphatic carbocycles. The number of piperazine rings is 1. The zero-order valence-corrected chi connectivity index (χ0v) is 10.1. The third-order valence-electron chi connectivity index (χ3n) is 3.57. The monoisotopic (exact) mass is 214 g/mol. The summed E-state index contributed by atoms with van der Waals surface area (Å²) in [4.78, 5) is 12.9. The number of carbonyl (C=O) groups is 1. The fraction of sp³-hybridized carbons (Fsp3) is 0.909. The van der Waals surface area contributed by atoms with Gasteiger partial charge in [0, 0.05) is 18.6 Å². The van der Waals surface area contributed by atoms with Crippen molar-refractivity contribution in [3.05, 3.63) is 0 Å². The summed E-state index contributed by atoms with van der Waals surface area (Å²) in [6, 6.07) is 0. The largest absolute Gasteiger partial charge is 0.465 e. The van der Waals surface area contributed by atoms with Crippen molar-refractivity contribution in [3.63, 3.8) is 0 Å². The van der Waals surface area contributed by atoms with E-state index in [0.717, 1.165) is 19.4 Å². The minimum Gasteiger partial charge on any atom is -0.465 e. The van der Waals surface area contributed by atoms with Crippen molar-refractivity contribution < 1.29 is 9.90 Å². The van der Waals surface area contributed by atoms with Crippen molar-refractivity contribution in [2.24, 2.45) is 0 Å². The average Bonchev–Trinajstić information content (AvgIpc) is 2.17. The van der Waals surface area contributed by atoms with Crippen molar-refractivity contribution >= 4 is 6.09 Å². The number of nitrogens with zero attached hydrogens (tertiary/aromatic N) is 1. The molecule has 0 aromatic carbocycles. The highest BCUT2D eigenvalue weighted by Crippen LogP contribution is 2.29. The Morgan fingerprint density at radius 1 is 1.40 bits per heavy atom. The van der Waals surface area contributed by atoms with Crippen molar-refractivity contribution in [2.75, 3.05) is 13.1 Å². The van der Waals surface area contributed by atoms with Crippen LogP contribution in [0.25, 0.3) is 0 Å². The van der Waals surface area contributed by atoms with Gasteiger partial charge in [-0.05, 0) is 26.7 Å². The van der Waals surface area contributed by atoms with Crippen LogP contribution in [0.4, 0.5) is 4.79 Å². The smallest absolute Gasteiger partial charge is 0.407 e.